The molecule has 0 radical (unpaired) electrons. The minimum absolute atomic E-state index is 0.0473. The fraction of sp³-hybridized carbons (Fsp3) is 0.357. The molecule has 0 heterocycles. The lowest BCUT2D eigenvalue weighted by Crippen LogP contribution is -2.17. The molecule has 1 rings (SSSR count). The summed E-state index contributed by atoms with van der Waals surface area (Å²) >= 11 is 0. The van der Waals surface area contributed by atoms with Gasteiger partial charge in [-0.25, -0.2) is 4.79 Å². The Bertz CT molecular complexity index is 458. The Balaban J connectivity index is 2.65. The van der Waals surface area contributed by atoms with Crippen molar-refractivity contribution >= 4 is 11.8 Å². The number of nitrogens with one attached hydrogen (secondary N) is 1. The van der Waals surface area contributed by atoms with E-state index < -0.39 is 6.09 Å². The van der Waals surface area contributed by atoms with E-state index in [1.165, 1.54) is 0 Å². The molecule has 96 valence electrons. The molecule has 0 fully saturated rings. The van der Waals surface area contributed by atoms with Crippen molar-refractivity contribution < 1.29 is 14.6 Å². The fourth-order valence-corrected chi connectivity index (χ4v) is 1.26. The molecule has 0 aromatic heterocycles. The van der Waals surface area contributed by atoms with Crippen LogP contribution >= 0.6 is 0 Å². The van der Waals surface area contributed by atoms with Crippen LogP contribution in [0.25, 0.3) is 0 Å². The molecule has 0 saturated heterocycles. The van der Waals surface area contributed by atoms with Gasteiger partial charge in [0, 0.05) is 17.7 Å². The van der Waals surface area contributed by atoms with Gasteiger partial charge in [0.05, 0.1) is 12.7 Å². The minimum atomic E-state index is -0.481. The minimum Gasteiger partial charge on any atom is -0.447 e. The molecule has 4 nitrogen and oxygen atoms in total. The van der Waals surface area contributed by atoms with E-state index in [-0.39, 0.29) is 12.7 Å². The molecule has 0 aliphatic heterocycles. The first-order valence-corrected chi connectivity index (χ1v) is 5.79. The van der Waals surface area contributed by atoms with E-state index in [2.05, 4.69) is 17.2 Å². The number of hydrogen-bond acceptors (Lipinski definition) is 3. The number of aliphatic hydroxyl groups is 1. The van der Waals surface area contributed by atoms with Crippen molar-refractivity contribution in [2.45, 2.75) is 26.4 Å². The van der Waals surface area contributed by atoms with Gasteiger partial charge in [-0.05, 0) is 32.0 Å². The molecule has 0 aliphatic rings. The summed E-state index contributed by atoms with van der Waals surface area (Å²) in [6.07, 6.45) is -0.199. The number of aliphatic hydroxyl groups excluding tert-OH is 1. The SMILES string of the molecule is CC(C)OC(=O)Nc1cccc(C#CCCO)c1. The summed E-state index contributed by atoms with van der Waals surface area (Å²) in [4.78, 5) is 11.4. The normalized spacial score (nSPS) is 9.56. The molecule has 0 unspecified atom stereocenters. The van der Waals surface area contributed by atoms with Gasteiger partial charge in [0.2, 0.25) is 0 Å². The first-order chi connectivity index (χ1) is 8.61. The van der Waals surface area contributed by atoms with Crippen LogP contribution in [0.1, 0.15) is 25.8 Å². The molecule has 2 N–H and O–H groups in total. The molecule has 0 aliphatic carbocycles. The number of carbonyl (C=O) groups is 1. The van der Waals surface area contributed by atoms with Crippen molar-refractivity contribution in [2.24, 2.45) is 0 Å². The maximum Gasteiger partial charge on any atom is 0.411 e. The summed E-state index contributed by atoms with van der Waals surface area (Å²) in [5.41, 5.74) is 1.42. The van der Waals surface area contributed by atoms with Crippen molar-refractivity contribution in [3.63, 3.8) is 0 Å². The maximum absolute atomic E-state index is 11.4. The number of anilines is 1. The summed E-state index contributed by atoms with van der Waals surface area (Å²) in [6, 6.07) is 7.15. The lowest BCUT2D eigenvalue weighted by Gasteiger charge is -2.09. The van der Waals surface area contributed by atoms with E-state index in [0.717, 1.165) is 5.56 Å². The standard InChI is InChI=1S/C14H17NO3/c1-11(2)18-14(17)15-13-8-5-7-12(10-13)6-3-4-9-16/h5,7-8,10-11,16H,4,9H2,1-2H3,(H,15,17). The fourth-order valence-electron chi connectivity index (χ4n) is 1.26. The largest absolute Gasteiger partial charge is 0.447 e. The zero-order valence-corrected chi connectivity index (χ0v) is 10.6. The number of ether oxygens (including phenoxy) is 1. The predicted molar refractivity (Wildman–Crippen MR) is 70.3 cm³/mol. The van der Waals surface area contributed by atoms with Crippen LogP contribution < -0.4 is 5.32 Å². The van der Waals surface area contributed by atoms with E-state index >= 15 is 0 Å². The topological polar surface area (TPSA) is 58.6 Å². The molecule has 0 bridgehead atoms. The zero-order valence-electron chi connectivity index (χ0n) is 10.6. The zero-order chi connectivity index (χ0) is 13.4. The highest BCUT2D eigenvalue weighted by molar-refractivity contribution is 5.84. The van der Waals surface area contributed by atoms with Gasteiger partial charge in [-0.2, -0.15) is 0 Å². The Morgan fingerprint density at radius 3 is 2.94 bits per heavy atom. The first-order valence-electron chi connectivity index (χ1n) is 5.79. The van der Waals surface area contributed by atoms with Crippen molar-refractivity contribution in [3.8, 4) is 11.8 Å². The quantitative estimate of drug-likeness (QED) is 0.806. The Kier molecular flexibility index (Phi) is 5.75. The second-order valence-electron chi connectivity index (χ2n) is 3.94. The Hall–Kier alpha value is -1.99. The third-order valence-corrected chi connectivity index (χ3v) is 1.92. The number of hydrogen-bond donors (Lipinski definition) is 2. The second kappa shape index (κ2) is 7.36. The maximum atomic E-state index is 11.4. The average molecular weight is 247 g/mol. The van der Waals surface area contributed by atoms with Crippen molar-refractivity contribution in [1.29, 1.82) is 0 Å². The molecule has 1 amide bonds. The summed E-state index contributed by atoms with van der Waals surface area (Å²) in [5.74, 6) is 5.72. The van der Waals surface area contributed by atoms with Crippen LogP contribution in [0.5, 0.6) is 0 Å². The van der Waals surface area contributed by atoms with E-state index in [4.69, 9.17) is 9.84 Å². The smallest absolute Gasteiger partial charge is 0.411 e. The average Bonchev–Trinajstić information content (AvgIpc) is 2.28. The molecule has 0 spiro atoms. The summed E-state index contributed by atoms with van der Waals surface area (Å²) in [5, 5.41) is 11.3. The lowest BCUT2D eigenvalue weighted by atomic mass is 10.2. The molecule has 4 heteroatoms. The van der Waals surface area contributed by atoms with Crippen LogP contribution in [-0.2, 0) is 4.74 Å². The van der Waals surface area contributed by atoms with Crippen LogP contribution in [-0.4, -0.2) is 23.9 Å². The molecule has 0 atom stereocenters. The third kappa shape index (κ3) is 5.37. The van der Waals surface area contributed by atoms with Gasteiger partial charge >= 0.3 is 6.09 Å². The summed E-state index contributed by atoms with van der Waals surface area (Å²) in [7, 11) is 0. The van der Waals surface area contributed by atoms with Crippen LogP contribution in [0, 0.1) is 11.8 Å². The van der Waals surface area contributed by atoms with Crippen LogP contribution in [0.2, 0.25) is 0 Å². The third-order valence-electron chi connectivity index (χ3n) is 1.92. The van der Waals surface area contributed by atoms with Crippen LogP contribution in [0.3, 0.4) is 0 Å². The van der Waals surface area contributed by atoms with Crippen molar-refractivity contribution in [1.82, 2.24) is 0 Å². The Morgan fingerprint density at radius 1 is 1.50 bits per heavy atom. The van der Waals surface area contributed by atoms with Crippen molar-refractivity contribution in [3.05, 3.63) is 29.8 Å². The Morgan fingerprint density at radius 2 is 2.28 bits per heavy atom. The van der Waals surface area contributed by atoms with Gasteiger partial charge in [-0.15, -0.1) is 0 Å². The van der Waals surface area contributed by atoms with Gasteiger partial charge < -0.3 is 9.84 Å². The van der Waals surface area contributed by atoms with Gasteiger partial charge in [0.25, 0.3) is 0 Å². The van der Waals surface area contributed by atoms with E-state index in [1.807, 2.05) is 6.07 Å². The van der Waals surface area contributed by atoms with Crippen LogP contribution in [0.4, 0.5) is 10.5 Å². The highest BCUT2D eigenvalue weighted by Crippen LogP contribution is 2.10. The molecule has 1 aromatic carbocycles. The first kappa shape index (κ1) is 14.1. The van der Waals surface area contributed by atoms with E-state index in [0.29, 0.717) is 12.1 Å². The molecular formula is C14H17NO3. The molecule has 18 heavy (non-hydrogen) atoms. The van der Waals surface area contributed by atoms with E-state index in [1.54, 1.807) is 32.0 Å². The lowest BCUT2D eigenvalue weighted by molar-refractivity contribution is 0.130. The van der Waals surface area contributed by atoms with Crippen molar-refractivity contribution in [2.75, 3.05) is 11.9 Å². The monoisotopic (exact) mass is 247 g/mol. The van der Waals surface area contributed by atoms with Crippen LogP contribution in [0.15, 0.2) is 24.3 Å². The molecular weight excluding hydrogens is 230 g/mol. The number of carbonyl (C=O) groups excluding carboxylic acids is 1. The number of benzene rings is 1. The van der Waals surface area contributed by atoms with Gasteiger partial charge in [-0.1, -0.05) is 17.9 Å². The van der Waals surface area contributed by atoms with Gasteiger partial charge in [0.1, 0.15) is 0 Å². The molecule has 1 aromatic rings. The predicted octanol–water partition coefficient (Wildman–Crippen LogP) is 2.38. The number of rotatable bonds is 3. The van der Waals surface area contributed by atoms with E-state index in [9.17, 15) is 4.79 Å². The Labute approximate surface area is 107 Å². The highest BCUT2D eigenvalue weighted by Gasteiger charge is 2.05. The molecule has 0 saturated carbocycles. The highest BCUT2D eigenvalue weighted by atomic mass is 16.6. The summed E-state index contributed by atoms with van der Waals surface area (Å²) in [6.45, 7) is 3.62. The van der Waals surface area contributed by atoms with Gasteiger partial charge in [-0.3, -0.25) is 5.32 Å². The second-order valence-corrected chi connectivity index (χ2v) is 3.94. The number of amides is 1. The van der Waals surface area contributed by atoms with Gasteiger partial charge in [0.15, 0.2) is 0 Å². The summed E-state index contributed by atoms with van der Waals surface area (Å²) < 4.78 is 4.97.